The average Bonchev–Trinajstić information content (AvgIpc) is 2.48. The Bertz CT molecular complexity index is 699. The molecule has 0 radical (unpaired) electrons. The molecule has 0 aliphatic heterocycles. The number of aryl methyl sites for hydroxylation is 3. The predicted molar refractivity (Wildman–Crippen MR) is 85.8 cm³/mol. The van der Waals surface area contributed by atoms with Crippen LogP contribution < -0.4 is 10.6 Å². The van der Waals surface area contributed by atoms with Crippen molar-refractivity contribution < 1.29 is 4.79 Å². The van der Waals surface area contributed by atoms with Gasteiger partial charge in [-0.05, 0) is 50.3 Å². The van der Waals surface area contributed by atoms with Crippen molar-refractivity contribution in [2.75, 3.05) is 5.32 Å². The summed E-state index contributed by atoms with van der Waals surface area (Å²) in [6.45, 7) is 3.87. The van der Waals surface area contributed by atoms with E-state index in [0.29, 0.717) is 11.6 Å². The van der Waals surface area contributed by atoms with Gasteiger partial charge in [0.25, 0.3) is 0 Å². The fourth-order valence-electron chi connectivity index (χ4n) is 2.90. The Morgan fingerprint density at radius 2 is 2.14 bits per heavy atom. The second kappa shape index (κ2) is 6.13. The van der Waals surface area contributed by atoms with E-state index in [1.165, 1.54) is 16.7 Å². The number of anilines is 1. The van der Waals surface area contributed by atoms with Gasteiger partial charge in [0.1, 0.15) is 11.6 Å². The molecule has 0 fully saturated rings. The van der Waals surface area contributed by atoms with Gasteiger partial charge in [-0.15, -0.1) is 0 Å². The van der Waals surface area contributed by atoms with E-state index in [1.54, 1.807) is 19.2 Å². The lowest BCUT2D eigenvalue weighted by atomic mass is 9.87. The first-order valence-corrected chi connectivity index (χ1v) is 7.58. The summed E-state index contributed by atoms with van der Waals surface area (Å²) in [7, 11) is 0. The van der Waals surface area contributed by atoms with Gasteiger partial charge in [-0.3, -0.25) is 5.32 Å². The van der Waals surface area contributed by atoms with E-state index >= 15 is 0 Å². The van der Waals surface area contributed by atoms with Gasteiger partial charge in [0, 0.05) is 6.20 Å². The summed E-state index contributed by atoms with van der Waals surface area (Å²) in [6, 6.07) is 8.00. The lowest BCUT2D eigenvalue weighted by molar-refractivity contribution is 0.247. The molecular formula is C17H20N4O. The molecule has 2 amide bonds. The van der Waals surface area contributed by atoms with Crippen LogP contribution >= 0.6 is 0 Å². The molecule has 1 atom stereocenters. The van der Waals surface area contributed by atoms with Crippen molar-refractivity contribution in [2.45, 2.75) is 39.2 Å². The van der Waals surface area contributed by atoms with E-state index in [1.807, 2.05) is 0 Å². The number of nitrogens with one attached hydrogen (secondary N) is 2. The summed E-state index contributed by atoms with van der Waals surface area (Å²) >= 11 is 0. The van der Waals surface area contributed by atoms with E-state index in [9.17, 15) is 4.79 Å². The molecule has 3 rings (SSSR count). The summed E-state index contributed by atoms with van der Waals surface area (Å²) in [5.74, 6) is 1.15. The van der Waals surface area contributed by atoms with Crippen molar-refractivity contribution in [2.24, 2.45) is 0 Å². The van der Waals surface area contributed by atoms with Gasteiger partial charge in [-0.25, -0.2) is 14.8 Å². The standard InChI is InChI=1S/C17H20N4O/c1-11-6-7-13-4-3-5-15(14(13)10-11)20-17(22)21-16-8-9-18-12(2)19-16/h6-10,15H,3-5H2,1-2H3,(H2,18,19,20,21,22)/t15-/m1/s1. The number of rotatable bonds is 2. The topological polar surface area (TPSA) is 66.9 Å². The van der Waals surface area contributed by atoms with Gasteiger partial charge in [0.05, 0.1) is 6.04 Å². The first kappa shape index (κ1) is 14.5. The number of carbonyl (C=O) groups is 1. The lowest BCUT2D eigenvalue weighted by Crippen LogP contribution is -2.34. The first-order chi connectivity index (χ1) is 10.6. The van der Waals surface area contributed by atoms with Crippen LogP contribution in [0.25, 0.3) is 0 Å². The van der Waals surface area contributed by atoms with E-state index in [2.05, 4.69) is 45.7 Å². The minimum Gasteiger partial charge on any atom is -0.331 e. The minimum absolute atomic E-state index is 0.0617. The summed E-state index contributed by atoms with van der Waals surface area (Å²) in [5, 5.41) is 5.83. The Morgan fingerprint density at radius 1 is 1.27 bits per heavy atom. The molecule has 0 saturated heterocycles. The molecule has 1 heterocycles. The zero-order chi connectivity index (χ0) is 15.5. The van der Waals surface area contributed by atoms with Gasteiger partial charge in [-0.1, -0.05) is 23.8 Å². The Morgan fingerprint density at radius 3 is 2.95 bits per heavy atom. The molecule has 1 aliphatic carbocycles. The van der Waals surface area contributed by atoms with E-state index in [0.717, 1.165) is 19.3 Å². The van der Waals surface area contributed by atoms with Gasteiger partial charge in [-0.2, -0.15) is 0 Å². The van der Waals surface area contributed by atoms with Crippen molar-refractivity contribution >= 4 is 11.8 Å². The Hall–Kier alpha value is -2.43. The van der Waals surface area contributed by atoms with Crippen LogP contribution in [0.2, 0.25) is 0 Å². The molecule has 1 aromatic carbocycles. The summed E-state index contributed by atoms with van der Waals surface area (Å²) in [6.07, 6.45) is 4.78. The Balaban J connectivity index is 1.71. The molecule has 114 valence electrons. The van der Waals surface area contributed by atoms with Gasteiger partial charge in [0.15, 0.2) is 0 Å². The Labute approximate surface area is 130 Å². The predicted octanol–water partition coefficient (Wildman–Crippen LogP) is 3.29. The van der Waals surface area contributed by atoms with Crippen LogP contribution in [0.15, 0.2) is 30.5 Å². The molecule has 0 spiro atoms. The third-order valence-corrected chi connectivity index (χ3v) is 3.94. The molecule has 0 bridgehead atoms. The molecule has 0 unspecified atom stereocenters. The third-order valence-electron chi connectivity index (χ3n) is 3.94. The van der Waals surface area contributed by atoms with Crippen LogP contribution in [0.1, 0.15) is 41.4 Å². The van der Waals surface area contributed by atoms with Crippen molar-refractivity contribution in [3.05, 3.63) is 53.0 Å². The third kappa shape index (κ3) is 3.24. The molecule has 1 aromatic heterocycles. The molecule has 1 aliphatic rings. The zero-order valence-corrected chi connectivity index (χ0v) is 12.9. The van der Waals surface area contributed by atoms with Crippen LogP contribution in [0.3, 0.4) is 0 Å². The number of fused-ring (bicyclic) bond motifs is 1. The number of hydrogen-bond acceptors (Lipinski definition) is 3. The van der Waals surface area contributed by atoms with E-state index in [4.69, 9.17) is 0 Å². The van der Waals surface area contributed by atoms with Crippen molar-refractivity contribution in [3.8, 4) is 0 Å². The maximum Gasteiger partial charge on any atom is 0.320 e. The second-order valence-corrected chi connectivity index (χ2v) is 5.73. The molecule has 2 N–H and O–H groups in total. The number of benzene rings is 1. The van der Waals surface area contributed by atoms with Crippen LogP contribution in [0, 0.1) is 13.8 Å². The van der Waals surface area contributed by atoms with Crippen molar-refractivity contribution in [3.63, 3.8) is 0 Å². The fourth-order valence-corrected chi connectivity index (χ4v) is 2.90. The largest absolute Gasteiger partial charge is 0.331 e. The highest BCUT2D eigenvalue weighted by atomic mass is 16.2. The highest BCUT2D eigenvalue weighted by Gasteiger charge is 2.21. The van der Waals surface area contributed by atoms with Gasteiger partial charge < -0.3 is 5.32 Å². The minimum atomic E-state index is -0.225. The number of urea groups is 1. The van der Waals surface area contributed by atoms with Crippen molar-refractivity contribution in [1.29, 1.82) is 0 Å². The first-order valence-electron chi connectivity index (χ1n) is 7.58. The maximum atomic E-state index is 12.2. The second-order valence-electron chi connectivity index (χ2n) is 5.73. The zero-order valence-electron chi connectivity index (χ0n) is 12.9. The number of nitrogens with zero attached hydrogens (tertiary/aromatic N) is 2. The van der Waals surface area contributed by atoms with Crippen LogP contribution in [-0.4, -0.2) is 16.0 Å². The van der Waals surface area contributed by atoms with Crippen LogP contribution in [-0.2, 0) is 6.42 Å². The SMILES string of the molecule is Cc1ccc2c(c1)[C@H](NC(=O)Nc1ccnc(C)n1)CCC2. The molecule has 0 saturated carbocycles. The average molecular weight is 296 g/mol. The van der Waals surface area contributed by atoms with Crippen molar-refractivity contribution in [1.82, 2.24) is 15.3 Å². The highest BCUT2D eigenvalue weighted by Crippen LogP contribution is 2.30. The molecule has 22 heavy (non-hydrogen) atoms. The molecular weight excluding hydrogens is 276 g/mol. The Kier molecular flexibility index (Phi) is 4.04. The molecule has 2 aromatic rings. The number of aromatic nitrogens is 2. The summed E-state index contributed by atoms with van der Waals surface area (Å²) in [4.78, 5) is 20.4. The lowest BCUT2D eigenvalue weighted by Gasteiger charge is -2.26. The van der Waals surface area contributed by atoms with E-state index < -0.39 is 0 Å². The normalized spacial score (nSPS) is 16.7. The quantitative estimate of drug-likeness (QED) is 0.893. The summed E-state index contributed by atoms with van der Waals surface area (Å²) in [5.41, 5.74) is 3.79. The smallest absolute Gasteiger partial charge is 0.320 e. The molecule has 5 nitrogen and oxygen atoms in total. The number of hydrogen-bond donors (Lipinski definition) is 2. The molecule has 5 heteroatoms. The maximum absolute atomic E-state index is 12.2. The van der Waals surface area contributed by atoms with Gasteiger partial charge in [0.2, 0.25) is 0 Å². The van der Waals surface area contributed by atoms with Crippen LogP contribution in [0.5, 0.6) is 0 Å². The highest BCUT2D eigenvalue weighted by molar-refractivity contribution is 5.88. The fraction of sp³-hybridized carbons (Fsp3) is 0.353. The number of amides is 2. The van der Waals surface area contributed by atoms with Gasteiger partial charge >= 0.3 is 6.03 Å². The monoisotopic (exact) mass is 296 g/mol. The van der Waals surface area contributed by atoms with Crippen LogP contribution in [0.4, 0.5) is 10.6 Å². The van der Waals surface area contributed by atoms with E-state index in [-0.39, 0.29) is 12.1 Å². The number of carbonyl (C=O) groups excluding carboxylic acids is 1. The summed E-state index contributed by atoms with van der Waals surface area (Å²) < 4.78 is 0.